The van der Waals surface area contributed by atoms with Gasteiger partial charge in [0.15, 0.2) is 0 Å². The molecule has 0 radical (unpaired) electrons. The van der Waals surface area contributed by atoms with E-state index >= 15 is 0 Å². The Bertz CT molecular complexity index is 391. The summed E-state index contributed by atoms with van der Waals surface area (Å²) in [6.07, 6.45) is 2.45. The van der Waals surface area contributed by atoms with Crippen molar-refractivity contribution in [3.8, 4) is 0 Å². The topological polar surface area (TPSA) is 122 Å². The van der Waals surface area contributed by atoms with Crippen molar-refractivity contribution in [2.24, 2.45) is 17.1 Å². The van der Waals surface area contributed by atoms with Crippen LogP contribution >= 0.6 is 0 Å². The third kappa shape index (κ3) is 4.11. The maximum atomic E-state index is 12.0. The van der Waals surface area contributed by atoms with Crippen molar-refractivity contribution < 1.29 is 19.5 Å². The number of carbonyl (C=O) groups excluding carboxylic acids is 2. The van der Waals surface area contributed by atoms with Gasteiger partial charge in [-0.05, 0) is 25.2 Å². The lowest BCUT2D eigenvalue weighted by atomic mass is 9.69. The molecule has 1 unspecified atom stereocenters. The van der Waals surface area contributed by atoms with E-state index in [0.29, 0.717) is 19.3 Å². The smallest absolute Gasteiger partial charge is 0.312 e. The molecule has 1 aliphatic rings. The number of urea groups is 1. The van der Waals surface area contributed by atoms with Crippen LogP contribution in [-0.4, -0.2) is 35.6 Å². The summed E-state index contributed by atoms with van der Waals surface area (Å²) in [7, 11) is 0. The second kappa shape index (κ2) is 6.58. The number of carbonyl (C=O) groups is 3. The maximum absolute atomic E-state index is 12.0. The zero-order valence-electron chi connectivity index (χ0n) is 11.9. The van der Waals surface area contributed by atoms with Gasteiger partial charge in [-0.3, -0.25) is 9.59 Å². The zero-order valence-corrected chi connectivity index (χ0v) is 11.9. The van der Waals surface area contributed by atoms with Crippen LogP contribution in [0.15, 0.2) is 0 Å². The summed E-state index contributed by atoms with van der Waals surface area (Å²) in [6, 6.07) is -1.49. The van der Waals surface area contributed by atoms with Gasteiger partial charge in [0.1, 0.15) is 6.04 Å². The molecule has 5 N–H and O–H groups in total. The molecule has 0 aromatic rings. The van der Waals surface area contributed by atoms with E-state index in [0.717, 1.165) is 6.42 Å². The molecular weight excluding hydrogens is 262 g/mol. The summed E-state index contributed by atoms with van der Waals surface area (Å²) in [5, 5.41) is 14.2. The van der Waals surface area contributed by atoms with E-state index in [1.54, 1.807) is 0 Å². The maximum Gasteiger partial charge on any atom is 0.312 e. The van der Waals surface area contributed by atoms with Crippen LogP contribution < -0.4 is 16.4 Å². The number of amides is 3. The molecule has 114 valence electrons. The molecular formula is C13H23N3O4. The van der Waals surface area contributed by atoms with Gasteiger partial charge in [0.25, 0.3) is 0 Å². The average molecular weight is 285 g/mol. The molecule has 1 aliphatic carbocycles. The summed E-state index contributed by atoms with van der Waals surface area (Å²) >= 11 is 0. The third-order valence-electron chi connectivity index (χ3n) is 3.71. The molecule has 7 heteroatoms. The van der Waals surface area contributed by atoms with E-state index in [4.69, 9.17) is 5.73 Å². The van der Waals surface area contributed by atoms with E-state index < -0.39 is 23.5 Å². The first-order chi connectivity index (χ1) is 9.27. The summed E-state index contributed by atoms with van der Waals surface area (Å²) in [6.45, 7) is 3.94. The average Bonchev–Trinajstić information content (AvgIpc) is 2.24. The molecule has 1 fully saturated rings. The monoisotopic (exact) mass is 285 g/mol. The predicted molar refractivity (Wildman–Crippen MR) is 72.9 cm³/mol. The minimum absolute atomic E-state index is 0.0935. The van der Waals surface area contributed by atoms with Crippen molar-refractivity contribution in [3.63, 3.8) is 0 Å². The summed E-state index contributed by atoms with van der Waals surface area (Å²) < 4.78 is 0. The number of hydrogen-bond donors (Lipinski definition) is 4. The molecule has 0 heterocycles. The van der Waals surface area contributed by atoms with Crippen LogP contribution in [0.4, 0.5) is 4.79 Å². The molecule has 0 aromatic heterocycles. The van der Waals surface area contributed by atoms with Gasteiger partial charge in [0.05, 0.1) is 5.41 Å². The minimum atomic E-state index is -0.882. The minimum Gasteiger partial charge on any atom is -0.481 e. The molecule has 1 atom stereocenters. The van der Waals surface area contributed by atoms with Crippen LogP contribution in [0.2, 0.25) is 0 Å². The van der Waals surface area contributed by atoms with Crippen molar-refractivity contribution in [1.82, 2.24) is 10.6 Å². The number of carboxylic acids is 1. The summed E-state index contributed by atoms with van der Waals surface area (Å²) in [5.41, 5.74) is 4.21. The Morgan fingerprint density at radius 1 is 1.30 bits per heavy atom. The molecule has 1 saturated carbocycles. The lowest BCUT2D eigenvalue weighted by molar-refractivity contribution is -0.154. The first-order valence-electron chi connectivity index (χ1n) is 6.84. The summed E-state index contributed by atoms with van der Waals surface area (Å²) in [4.78, 5) is 34.2. The number of nitrogens with one attached hydrogen (secondary N) is 2. The van der Waals surface area contributed by atoms with Crippen LogP contribution in [0.3, 0.4) is 0 Å². The predicted octanol–water partition coefficient (Wildman–Crippen LogP) is 0.441. The number of nitrogens with two attached hydrogens (primary N) is 1. The highest BCUT2D eigenvalue weighted by molar-refractivity contribution is 5.87. The Morgan fingerprint density at radius 3 is 2.25 bits per heavy atom. The summed E-state index contributed by atoms with van der Waals surface area (Å²) in [5.74, 6) is -1.06. The number of hydrogen-bond acceptors (Lipinski definition) is 3. The van der Waals surface area contributed by atoms with Gasteiger partial charge in [-0.15, -0.1) is 0 Å². The Balaban J connectivity index is 2.57. The van der Waals surface area contributed by atoms with Crippen LogP contribution in [0.25, 0.3) is 0 Å². The molecule has 0 aromatic carbocycles. The number of carboxylic acid groups (broad SMARTS) is 1. The number of rotatable bonds is 7. The van der Waals surface area contributed by atoms with E-state index in [-0.39, 0.29) is 18.4 Å². The highest BCUT2D eigenvalue weighted by Gasteiger charge is 2.44. The highest BCUT2D eigenvalue weighted by atomic mass is 16.4. The first kappa shape index (κ1) is 16.3. The molecule has 0 bridgehead atoms. The number of primary amides is 1. The van der Waals surface area contributed by atoms with Crippen molar-refractivity contribution in [1.29, 1.82) is 0 Å². The second-order valence-electron chi connectivity index (χ2n) is 5.85. The highest BCUT2D eigenvalue weighted by Crippen LogP contribution is 2.40. The van der Waals surface area contributed by atoms with Crippen LogP contribution in [0.1, 0.15) is 39.5 Å². The van der Waals surface area contributed by atoms with Crippen molar-refractivity contribution >= 4 is 17.9 Å². The third-order valence-corrected chi connectivity index (χ3v) is 3.71. The standard InChI is InChI=1S/C13H23N3O4/c1-8(2)6-9(16-12(14)20)10(17)15-7-13(11(18)19)4-3-5-13/h8-9H,3-7H2,1-2H3,(H,15,17)(H,18,19)(H3,14,16,20). The number of aliphatic carboxylic acids is 1. The Kier molecular flexibility index (Phi) is 5.35. The molecule has 3 amide bonds. The molecule has 0 aliphatic heterocycles. The Morgan fingerprint density at radius 2 is 1.90 bits per heavy atom. The van der Waals surface area contributed by atoms with E-state index in [2.05, 4.69) is 10.6 Å². The Labute approximate surface area is 118 Å². The molecule has 0 spiro atoms. The van der Waals surface area contributed by atoms with Gasteiger partial charge < -0.3 is 21.5 Å². The van der Waals surface area contributed by atoms with E-state index in [9.17, 15) is 19.5 Å². The van der Waals surface area contributed by atoms with E-state index in [1.165, 1.54) is 0 Å². The fourth-order valence-electron chi connectivity index (χ4n) is 2.32. The molecule has 0 saturated heterocycles. The van der Waals surface area contributed by atoms with Crippen molar-refractivity contribution in [3.05, 3.63) is 0 Å². The van der Waals surface area contributed by atoms with Crippen LogP contribution in [0, 0.1) is 11.3 Å². The Hall–Kier alpha value is -1.79. The van der Waals surface area contributed by atoms with E-state index in [1.807, 2.05) is 13.8 Å². The second-order valence-corrected chi connectivity index (χ2v) is 5.85. The fourth-order valence-corrected chi connectivity index (χ4v) is 2.32. The quantitative estimate of drug-likeness (QED) is 0.542. The molecule has 7 nitrogen and oxygen atoms in total. The molecule has 20 heavy (non-hydrogen) atoms. The van der Waals surface area contributed by atoms with Crippen molar-refractivity contribution in [2.75, 3.05) is 6.54 Å². The van der Waals surface area contributed by atoms with Gasteiger partial charge in [0.2, 0.25) is 5.91 Å². The SMILES string of the molecule is CC(C)CC(NC(N)=O)C(=O)NCC1(C(=O)O)CCC1. The fraction of sp³-hybridized carbons (Fsp3) is 0.769. The van der Waals surface area contributed by atoms with Crippen LogP contribution in [-0.2, 0) is 9.59 Å². The van der Waals surface area contributed by atoms with Gasteiger partial charge in [-0.1, -0.05) is 20.3 Å². The van der Waals surface area contributed by atoms with Gasteiger partial charge in [-0.2, -0.15) is 0 Å². The van der Waals surface area contributed by atoms with Gasteiger partial charge in [0, 0.05) is 6.54 Å². The normalized spacial score (nSPS) is 17.9. The van der Waals surface area contributed by atoms with Gasteiger partial charge in [-0.25, -0.2) is 4.79 Å². The largest absolute Gasteiger partial charge is 0.481 e. The zero-order chi connectivity index (χ0) is 15.3. The lowest BCUT2D eigenvalue weighted by Gasteiger charge is -2.38. The first-order valence-corrected chi connectivity index (χ1v) is 6.84. The lowest BCUT2D eigenvalue weighted by Crippen LogP contribution is -2.53. The van der Waals surface area contributed by atoms with Gasteiger partial charge >= 0.3 is 12.0 Å². The van der Waals surface area contributed by atoms with Crippen LogP contribution in [0.5, 0.6) is 0 Å². The molecule has 1 rings (SSSR count). The van der Waals surface area contributed by atoms with Crippen molar-refractivity contribution in [2.45, 2.75) is 45.6 Å².